The van der Waals surface area contributed by atoms with Crippen molar-refractivity contribution < 1.29 is 0 Å². The standard InChI is InChI=1S/C18H30ClN/c1-2-3-4-5-6-7-8-9-10-11-16-20-18-14-12-17(19)13-15-18/h12-15,20H,2-11,16H2,1H3. The van der Waals surface area contributed by atoms with Crippen molar-refractivity contribution in [2.24, 2.45) is 0 Å². The molecule has 0 amide bonds. The second-order valence-electron chi connectivity index (χ2n) is 5.62. The van der Waals surface area contributed by atoms with Crippen molar-refractivity contribution in [1.29, 1.82) is 0 Å². The van der Waals surface area contributed by atoms with Crippen LogP contribution in [0.15, 0.2) is 24.3 Å². The minimum Gasteiger partial charge on any atom is -0.385 e. The molecule has 114 valence electrons. The van der Waals surface area contributed by atoms with Crippen molar-refractivity contribution in [3.05, 3.63) is 29.3 Å². The first-order valence-corrected chi connectivity index (χ1v) is 8.70. The molecule has 1 aromatic carbocycles. The van der Waals surface area contributed by atoms with E-state index in [0.717, 1.165) is 11.6 Å². The van der Waals surface area contributed by atoms with Crippen LogP contribution in [0.4, 0.5) is 5.69 Å². The number of unbranched alkanes of at least 4 members (excludes halogenated alkanes) is 9. The van der Waals surface area contributed by atoms with Crippen LogP contribution >= 0.6 is 11.6 Å². The third-order valence-corrected chi connectivity index (χ3v) is 3.96. The minimum atomic E-state index is 0.800. The number of halogens is 1. The summed E-state index contributed by atoms with van der Waals surface area (Å²) in [7, 11) is 0. The van der Waals surface area contributed by atoms with Gasteiger partial charge in [-0.05, 0) is 30.7 Å². The number of benzene rings is 1. The first-order valence-electron chi connectivity index (χ1n) is 8.32. The van der Waals surface area contributed by atoms with Gasteiger partial charge in [0, 0.05) is 17.3 Å². The Labute approximate surface area is 130 Å². The molecule has 0 saturated carbocycles. The zero-order valence-electron chi connectivity index (χ0n) is 13.0. The van der Waals surface area contributed by atoms with E-state index in [1.54, 1.807) is 0 Å². The highest BCUT2D eigenvalue weighted by Gasteiger charge is 1.94. The molecule has 0 bridgehead atoms. The molecule has 0 spiro atoms. The Bertz CT molecular complexity index is 321. The summed E-state index contributed by atoms with van der Waals surface area (Å²) in [4.78, 5) is 0. The normalized spacial score (nSPS) is 10.7. The lowest BCUT2D eigenvalue weighted by molar-refractivity contribution is 0.560. The average molecular weight is 296 g/mol. The Morgan fingerprint density at radius 2 is 1.25 bits per heavy atom. The van der Waals surface area contributed by atoms with Gasteiger partial charge < -0.3 is 5.32 Å². The zero-order chi connectivity index (χ0) is 14.5. The summed E-state index contributed by atoms with van der Waals surface area (Å²) < 4.78 is 0. The summed E-state index contributed by atoms with van der Waals surface area (Å²) in [5, 5.41) is 4.24. The lowest BCUT2D eigenvalue weighted by Crippen LogP contribution is -2.00. The Morgan fingerprint density at radius 1 is 0.750 bits per heavy atom. The van der Waals surface area contributed by atoms with Crippen LogP contribution in [0.25, 0.3) is 0 Å². The van der Waals surface area contributed by atoms with Gasteiger partial charge in [-0.25, -0.2) is 0 Å². The van der Waals surface area contributed by atoms with E-state index >= 15 is 0 Å². The molecule has 1 N–H and O–H groups in total. The fourth-order valence-electron chi connectivity index (χ4n) is 2.41. The molecule has 0 atom stereocenters. The van der Waals surface area contributed by atoms with Gasteiger partial charge in [0.25, 0.3) is 0 Å². The Balaban J connectivity index is 1.84. The van der Waals surface area contributed by atoms with E-state index in [1.165, 1.54) is 69.9 Å². The van der Waals surface area contributed by atoms with Gasteiger partial charge >= 0.3 is 0 Å². The molecule has 20 heavy (non-hydrogen) atoms. The molecule has 0 aliphatic rings. The molecule has 0 heterocycles. The van der Waals surface area contributed by atoms with Crippen LogP contribution < -0.4 is 5.32 Å². The molecular formula is C18H30ClN. The van der Waals surface area contributed by atoms with Crippen LogP contribution in [0.2, 0.25) is 5.02 Å². The molecule has 0 aliphatic heterocycles. The van der Waals surface area contributed by atoms with Crippen LogP contribution in [-0.4, -0.2) is 6.54 Å². The number of nitrogens with one attached hydrogen (secondary N) is 1. The highest BCUT2D eigenvalue weighted by molar-refractivity contribution is 6.30. The second kappa shape index (κ2) is 12.1. The van der Waals surface area contributed by atoms with E-state index in [4.69, 9.17) is 11.6 Å². The molecule has 1 aromatic rings. The van der Waals surface area contributed by atoms with Crippen LogP contribution in [0.1, 0.15) is 71.1 Å². The maximum Gasteiger partial charge on any atom is 0.0407 e. The quantitative estimate of drug-likeness (QED) is 0.424. The Hall–Kier alpha value is -0.690. The molecule has 0 fully saturated rings. The summed E-state index contributed by atoms with van der Waals surface area (Å²) in [6.45, 7) is 3.34. The fraction of sp³-hybridized carbons (Fsp3) is 0.667. The summed E-state index contributed by atoms with van der Waals surface area (Å²) in [5.41, 5.74) is 1.17. The van der Waals surface area contributed by atoms with Gasteiger partial charge in [0.15, 0.2) is 0 Å². The van der Waals surface area contributed by atoms with E-state index in [2.05, 4.69) is 12.2 Å². The highest BCUT2D eigenvalue weighted by Crippen LogP contribution is 2.14. The lowest BCUT2D eigenvalue weighted by Gasteiger charge is -2.06. The predicted molar refractivity (Wildman–Crippen MR) is 91.8 cm³/mol. The minimum absolute atomic E-state index is 0.800. The van der Waals surface area contributed by atoms with Crippen molar-refractivity contribution in [2.45, 2.75) is 71.1 Å². The van der Waals surface area contributed by atoms with E-state index in [-0.39, 0.29) is 0 Å². The first-order chi connectivity index (χ1) is 9.83. The van der Waals surface area contributed by atoms with Crippen LogP contribution in [0, 0.1) is 0 Å². The van der Waals surface area contributed by atoms with Crippen molar-refractivity contribution in [3.63, 3.8) is 0 Å². The van der Waals surface area contributed by atoms with Gasteiger partial charge in [-0.3, -0.25) is 0 Å². The van der Waals surface area contributed by atoms with Gasteiger partial charge in [-0.2, -0.15) is 0 Å². The molecule has 0 unspecified atom stereocenters. The van der Waals surface area contributed by atoms with Crippen LogP contribution in [0.3, 0.4) is 0 Å². The third kappa shape index (κ3) is 9.25. The molecule has 1 rings (SSSR count). The number of hydrogen-bond acceptors (Lipinski definition) is 1. The van der Waals surface area contributed by atoms with E-state index in [9.17, 15) is 0 Å². The second-order valence-corrected chi connectivity index (χ2v) is 6.05. The Kier molecular flexibility index (Phi) is 10.5. The molecule has 0 aromatic heterocycles. The summed E-state index contributed by atoms with van der Waals surface area (Å²) in [5.74, 6) is 0. The summed E-state index contributed by atoms with van der Waals surface area (Å²) in [6, 6.07) is 7.95. The smallest absolute Gasteiger partial charge is 0.0407 e. The van der Waals surface area contributed by atoms with Gasteiger partial charge in [-0.15, -0.1) is 0 Å². The third-order valence-electron chi connectivity index (χ3n) is 3.70. The molecular weight excluding hydrogens is 266 g/mol. The molecule has 2 heteroatoms. The zero-order valence-corrected chi connectivity index (χ0v) is 13.7. The number of anilines is 1. The van der Waals surface area contributed by atoms with Gasteiger partial charge in [0.2, 0.25) is 0 Å². The van der Waals surface area contributed by atoms with Crippen molar-refractivity contribution in [2.75, 3.05) is 11.9 Å². The lowest BCUT2D eigenvalue weighted by atomic mass is 10.1. The fourth-order valence-corrected chi connectivity index (χ4v) is 2.54. The van der Waals surface area contributed by atoms with Crippen LogP contribution in [0.5, 0.6) is 0 Å². The van der Waals surface area contributed by atoms with Crippen molar-refractivity contribution >= 4 is 17.3 Å². The topological polar surface area (TPSA) is 12.0 Å². The van der Waals surface area contributed by atoms with Gasteiger partial charge in [0.05, 0.1) is 0 Å². The summed E-state index contributed by atoms with van der Waals surface area (Å²) >= 11 is 5.86. The monoisotopic (exact) mass is 295 g/mol. The Morgan fingerprint density at radius 3 is 1.80 bits per heavy atom. The van der Waals surface area contributed by atoms with E-state index in [1.807, 2.05) is 24.3 Å². The van der Waals surface area contributed by atoms with Gasteiger partial charge in [0.1, 0.15) is 0 Å². The molecule has 0 saturated heterocycles. The van der Waals surface area contributed by atoms with E-state index in [0.29, 0.717) is 0 Å². The number of hydrogen-bond donors (Lipinski definition) is 1. The molecule has 0 radical (unpaired) electrons. The SMILES string of the molecule is CCCCCCCCCCCCNc1ccc(Cl)cc1. The largest absolute Gasteiger partial charge is 0.385 e. The first kappa shape index (κ1) is 17.4. The highest BCUT2D eigenvalue weighted by atomic mass is 35.5. The average Bonchev–Trinajstić information content (AvgIpc) is 2.47. The number of rotatable bonds is 12. The van der Waals surface area contributed by atoms with Crippen LogP contribution in [-0.2, 0) is 0 Å². The van der Waals surface area contributed by atoms with Crippen molar-refractivity contribution in [3.8, 4) is 0 Å². The van der Waals surface area contributed by atoms with Crippen molar-refractivity contribution in [1.82, 2.24) is 0 Å². The van der Waals surface area contributed by atoms with E-state index < -0.39 is 0 Å². The van der Waals surface area contributed by atoms with Gasteiger partial charge in [-0.1, -0.05) is 76.3 Å². The summed E-state index contributed by atoms with van der Waals surface area (Å²) in [6.07, 6.45) is 13.9. The maximum atomic E-state index is 5.86. The predicted octanol–water partition coefficient (Wildman–Crippen LogP) is 6.67. The molecule has 1 nitrogen and oxygen atoms in total. The molecule has 0 aliphatic carbocycles. The maximum absolute atomic E-state index is 5.86.